The molecular weight excluding hydrogens is 252 g/mol. The zero-order valence-corrected chi connectivity index (χ0v) is 12.2. The molecule has 0 atom stereocenters. The first-order valence-corrected chi connectivity index (χ1v) is 6.90. The first kappa shape index (κ1) is 14.2. The van der Waals surface area contributed by atoms with Crippen LogP contribution in [0.4, 0.5) is 5.95 Å². The van der Waals surface area contributed by atoms with Gasteiger partial charge in [-0.2, -0.15) is 15.0 Å². The highest BCUT2D eigenvalue weighted by atomic mass is 16.5. The van der Waals surface area contributed by atoms with Crippen molar-refractivity contribution in [1.82, 2.24) is 15.0 Å². The first-order chi connectivity index (χ1) is 9.76. The minimum absolute atomic E-state index is 0.326. The number of benzene rings is 1. The molecule has 2 aromatic rings. The van der Waals surface area contributed by atoms with E-state index < -0.39 is 0 Å². The number of ether oxygens (including phenoxy) is 1. The lowest BCUT2D eigenvalue weighted by molar-refractivity contribution is 0.379. The molecule has 1 heterocycles. The molecule has 5 heteroatoms. The van der Waals surface area contributed by atoms with E-state index in [1.165, 1.54) is 5.56 Å². The van der Waals surface area contributed by atoms with Gasteiger partial charge in [-0.05, 0) is 25.0 Å². The van der Waals surface area contributed by atoms with Crippen molar-refractivity contribution in [3.05, 3.63) is 29.8 Å². The molecule has 0 aliphatic rings. The van der Waals surface area contributed by atoms with Crippen LogP contribution in [0, 0.1) is 0 Å². The smallest absolute Gasteiger partial charge is 0.321 e. The van der Waals surface area contributed by atoms with Crippen LogP contribution in [0.5, 0.6) is 6.01 Å². The van der Waals surface area contributed by atoms with Gasteiger partial charge in [-0.1, -0.05) is 31.5 Å². The molecule has 1 aromatic heterocycles. The van der Waals surface area contributed by atoms with Crippen LogP contribution in [0.1, 0.15) is 25.8 Å². The number of rotatable bonds is 6. The third-order valence-corrected chi connectivity index (χ3v) is 2.86. The van der Waals surface area contributed by atoms with Gasteiger partial charge in [-0.25, -0.2) is 0 Å². The molecule has 0 radical (unpaired) electrons. The highest BCUT2D eigenvalue weighted by Crippen LogP contribution is 2.20. The topological polar surface area (TPSA) is 59.9 Å². The van der Waals surface area contributed by atoms with Gasteiger partial charge >= 0.3 is 6.01 Å². The molecule has 0 aliphatic heterocycles. The van der Waals surface area contributed by atoms with Crippen LogP contribution in [0.2, 0.25) is 0 Å². The van der Waals surface area contributed by atoms with Crippen molar-refractivity contribution in [3.63, 3.8) is 0 Å². The number of hydrogen-bond acceptors (Lipinski definition) is 5. The van der Waals surface area contributed by atoms with E-state index in [0.717, 1.165) is 24.9 Å². The summed E-state index contributed by atoms with van der Waals surface area (Å²) in [7, 11) is 1.56. The van der Waals surface area contributed by atoms with E-state index in [-0.39, 0.29) is 0 Å². The van der Waals surface area contributed by atoms with Crippen molar-refractivity contribution in [2.45, 2.75) is 26.7 Å². The molecule has 0 spiro atoms. The van der Waals surface area contributed by atoms with Gasteiger partial charge in [0.2, 0.25) is 5.95 Å². The number of nitrogens with zero attached hydrogens (tertiary/aromatic N) is 3. The number of methoxy groups -OCH3 is 1. The zero-order valence-electron chi connectivity index (χ0n) is 12.2. The number of nitrogens with one attached hydrogen (secondary N) is 1. The van der Waals surface area contributed by atoms with Crippen molar-refractivity contribution >= 4 is 5.95 Å². The summed E-state index contributed by atoms with van der Waals surface area (Å²) in [6.07, 6.45) is 2.17. The average Bonchev–Trinajstić information content (AvgIpc) is 2.48. The number of aromatic nitrogens is 3. The molecule has 0 saturated heterocycles. The first-order valence-electron chi connectivity index (χ1n) is 6.90. The van der Waals surface area contributed by atoms with Crippen molar-refractivity contribution in [3.8, 4) is 17.4 Å². The third kappa shape index (κ3) is 3.44. The van der Waals surface area contributed by atoms with E-state index >= 15 is 0 Å². The fourth-order valence-electron chi connectivity index (χ4n) is 1.97. The number of aryl methyl sites for hydroxylation is 1. The van der Waals surface area contributed by atoms with Crippen LogP contribution in [-0.2, 0) is 6.42 Å². The maximum absolute atomic E-state index is 5.14. The largest absolute Gasteiger partial charge is 0.467 e. The summed E-state index contributed by atoms with van der Waals surface area (Å²) in [5.74, 6) is 1.17. The molecule has 106 valence electrons. The Labute approximate surface area is 119 Å². The molecule has 0 unspecified atom stereocenters. The highest BCUT2D eigenvalue weighted by Gasteiger charge is 2.08. The van der Waals surface area contributed by atoms with Gasteiger partial charge in [-0.15, -0.1) is 0 Å². The molecule has 0 fully saturated rings. The summed E-state index contributed by atoms with van der Waals surface area (Å²) >= 11 is 0. The second-order valence-corrected chi connectivity index (χ2v) is 4.45. The summed E-state index contributed by atoms with van der Waals surface area (Å²) < 4.78 is 5.14. The maximum atomic E-state index is 5.14. The molecule has 0 amide bonds. The molecule has 0 aliphatic carbocycles. The molecule has 1 aromatic carbocycles. The quantitative estimate of drug-likeness (QED) is 0.876. The molecule has 2 rings (SSSR count). The lowest BCUT2D eigenvalue weighted by Crippen LogP contribution is -2.06. The van der Waals surface area contributed by atoms with Crippen LogP contribution in [0.25, 0.3) is 11.4 Å². The predicted octanol–water partition coefficient (Wildman–Crippen LogP) is 2.93. The van der Waals surface area contributed by atoms with Crippen molar-refractivity contribution in [2.75, 3.05) is 19.0 Å². The van der Waals surface area contributed by atoms with Crippen LogP contribution in [-0.4, -0.2) is 28.6 Å². The van der Waals surface area contributed by atoms with E-state index in [0.29, 0.717) is 17.8 Å². The molecule has 5 nitrogen and oxygen atoms in total. The highest BCUT2D eigenvalue weighted by molar-refractivity contribution is 5.57. The Balaban J connectivity index is 2.39. The second kappa shape index (κ2) is 6.84. The normalized spacial score (nSPS) is 10.3. The van der Waals surface area contributed by atoms with E-state index in [4.69, 9.17) is 4.74 Å². The Morgan fingerprint density at radius 1 is 1.15 bits per heavy atom. The summed E-state index contributed by atoms with van der Waals surface area (Å²) in [6, 6.07) is 8.60. The minimum Gasteiger partial charge on any atom is -0.467 e. The minimum atomic E-state index is 0.326. The van der Waals surface area contributed by atoms with Crippen molar-refractivity contribution < 1.29 is 4.74 Å². The van der Waals surface area contributed by atoms with Crippen LogP contribution in [0.15, 0.2) is 24.3 Å². The van der Waals surface area contributed by atoms with E-state index in [9.17, 15) is 0 Å². The zero-order chi connectivity index (χ0) is 14.4. The molecular formula is C15H20N4O. The van der Waals surface area contributed by atoms with Crippen LogP contribution in [0.3, 0.4) is 0 Å². The molecule has 1 N–H and O–H groups in total. The van der Waals surface area contributed by atoms with Crippen molar-refractivity contribution in [2.24, 2.45) is 0 Å². The predicted molar refractivity (Wildman–Crippen MR) is 80.0 cm³/mol. The molecule has 0 bridgehead atoms. The van der Waals surface area contributed by atoms with Gasteiger partial charge in [0, 0.05) is 12.1 Å². The van der Waals surface area contributed by atoms with Gasteiger partial charge < -0.3 is 10.1 Å². The Kier molecular flexibility index (Phi) is 4.87. The lowest BCUT2D eigenvalue weighted by Gasteiger charge is -2.08. The number of anilines is 1. The third-order valence-electron chi connectivity index (χ3n) is 2.86. The average molecular weight is 272 g/mol. The second-order valence-electron chi connectivity index (χ2n) is 4.45. The molecule has 0 saturated carbocycles. The summed E-state index contributed by atoms with van der Waals surface area (Å²) in [6.45, 7) is 4.92. The van der Waals surface area contributed by atoms with E-state index in [1.54, 1.807) is 7.11 Å². The summed E-state index contributed by atoms with van der Waals surface area (Å²) in [5.41, 5.74) is 2.27. The van der Waals surface area contributed by atoms with Crippen LogP contribution >= 0.6 is 0 Å². The van der Waals surface area contributed by atoms with Crippen LogP contribution < -0.4 is 10.1 Å². The SMILES string of the molecule is CCCc1cccc(-c2nc(NCC)nc(OC)n2)c1. The standard InChI is InChI=1S/C15H20N4O/c1-4-7-11-8-6-9-12(10-11)13-17-14(16-5-2)19-15(18-13)20-3/h6,8-10H,4-5,7H2,1-3H3,(H,16,17,18,19). The molecule has 20 heavy (non-hydrogen) atoms. The Morgan fingerprint density at radius 2 is 2.00 bits per heavy atom. The fraction of sp³-hybridized carbons (Fsp3) is 0.400. The van der Waals surface area contributed by atoms with Gasteiger partial charge in [0.05, 0.1) is 7.11 Å². The van der Waals surface area contributed by atoms with Gasteiger partial charge in [-0.3, -0.25) is 0 Å². The van der Waals surface area contributed by atoms with Gasteiger partial charge in [0.15, 0.2) is 5.82 Å². The number of hydrogen-bond donors (Lipinski definition) is 1. The van der Waals surface area contributed by atoms with E-state index in [1.807, 2.05) is 19.1 Å². The monoisotopic (exact) mass is 272 g/mol. The van der Waals surface area contributed by atoms with E-state index in [2.05, 4.69) is 39.3 Å². The van der Waals surface area contributed by atoms with Gasteiger partial charge in [0.1, 0.15) is 0 Å². The summed E-state index contributed by atoms with van der Waals surface area (Å²) in [5, 5.41) is 3.09. The maximum Gasteiger partial charge on any atom is 0.321 e. The Morgan fingerprint density at radius 3 is 2.70 bits per heavy atom. The fourth-order valence-corrected chi connectivity index (χ4v) is 1.97. The summed E-state index contributed by atoms with van der Waals surface area (Å²) in [4.78, 5) is 12.9. The Bertz CT molecular complexity index is 572. The Hall–Kier alpha value is -2.17. The lowest BCUT2D eigenvalue weighted by atomic mass is 10.1. The van der Waals surface area contributed by atoms with Crippen molar-refractivity contribution in [1.29, 1.82) is 0 Å². The van der Waals surface area contributed by atoms with Gasteiger partial charge in [0.25, 0.3) is 0 Å².